The summed E-state index contributed by atoms with van der Waals surface area (Å²) in [6.45, 7) is 1.46. The zero-order chi connectivity index (χ0) is 14.2. The lowest BCUT2D eigenvalue weighted by Crippen LogP contribution is -2.30. The number of aromatic nitrogens is 3. The Morgan fingerprint density at radius 3 is 2.77 bits per heavy atom. The van der Waals surface area contributed by atoms with E-state index in [1.807, 2.05) is 6.07 Å². The second-order valence-electron chi connectivity index (χ2n) is 4.09. The molecule has 0 atom stereocenters. The van der Waals surface area contributed by atoms with Gasteiger partial charge in [-0.3, -0.25) is 9.36 Å². The maximum atomic E-state index is 11.6. The number of halogens is 2. The predicted molar refractivity (Wildman–Crippen MR) is 89.2 cm³/mol. The molecular formula is C13H19Cl2N5O2. The van der Waals surface area contributed by atoms with Gasteiger partial charge in [0, 0.05) is 26.0 Å². The number of methoxy groups -OCH3 is 1. The fourth-order valence-corrected chi connectivity index (χ4v) is 1.59. The lowest BCUT2D eigenvalue weighted by atomic mass is 10.4. The Morgan fingerprint density at radius 2 is 2.18 bits per heavy atom. The second-order valence-corrected chi connectivity index (χ2v) is 4.09. The van der Waals surface area contributed by atoms with Gasteiger partial charge in [0.25, 0.3) is 0 Å². The standard InChI is InChI=1S/C13H17N5O2.2ClH/c1-20-7-5-14-9-13(19)17-11-2-3-12(16-8-11)18-6-4-15-10-18;;/h2-4,6,8,10,14H,5,7,9H2,1H3,(H,17,19);2*1H. The van der Waals surface area contributed by atoms with E-state index in [1.54, 1.807) is 42.7 Å². The number of pyridine rings is 1. The number of anilines is 1. The van der Waals surface area contributed by atoms with Crippen LogP contribution in [0.4, 0.5) is 5.69 Å². The minimum atomic E-state index is -0.113. The number of hydrogen-bond donors (Lipinski definition) is 2. The average molecular weight is 348 g/mol. The molecule has 0 fully saturated rings. The summed E-state index contributed by atoms with van der Waals surface area (Å²) in [5.74, 6) is 0.636. The first-order valence-electron chi connectivity index (χ1n) is 6.23. The highest BCUT2D eigenvalue weighted by Crippen LogP contribution is 2.09. The number of carbonyl (C=O) groups is 1. The van der Waals surface area contributed by atoms with Crippen LogP contribution in [0.25, 0.3) is 5.82 Å². The molecule has 2 aromatic rings. The molecule has 7 nitrogen and oxygen atoms in total. The average Bonchev–Trinajstić information content (AvgIpc) is 2.99. The molecule has 22 heavy (non-hydrogen) atoms. The van der Waals surface area contributed by atoms with Crippen molar-refractivity contribution in [3.63, 3.8) is 0 Å². The van der Waals surface area contributed by atoms with Crippen molar-refractivity contribution in [3.8, 4) is 5.82 Å². The van der Waals surface area contributed by atoms with Crippen molar-refractivity contribution in [2.24, 2.45) is 0 Å². The summed E-state index contributed by atoms with van der Waals surface area (Å²) in [5.41, 5.74) is 0.660. The van der Waals surface area contributed by atoms with E-state index in [1.165, 1.54) is 0 Å². The van der Waals surface area contributed by atoms with Crippen molar-refractivity contribution in [1.82, 2.24) is 19.9 Å². The molecule has 0 unspecified atom stereocenters. The minimum absolute atomic E-state index is 0. The fourth-order valence-electron chi connectivity index (χ4n) is 1.59. The van der Waals surface area contributed by atoms with Crippen molar-refractivity contribution in [1.29, 1.82) is 0 Å². The quantitative estimate of drug-likeness (QED) is 0.737. The molecule has 0 aliphatic rings. The van der Waals surface area contributed by atoms with E-state index in [2.05, 4.69) is 20.6 Å². The summed E-state index contributed by atoms with van der Waals surface area (Å²) in [6, 6.07) is 3.62. The van der Waals surface area contributed by atoms with Gasteiger partial charge in [-0.2, -0.15) is 0 Å². The summed E-state index contributed by atoms with van der Waals surface area (Å²) < 4.78 is 6.67. The van der Waals surface area contributed by atoms with Gasteiger partial charge >= 0.3 is 0 Å². The monoisotopic (exact) mass is 347 g/mol. The summed E-state index contributed by atoms with van der Waals surface area (Å²) >= 11 is 0. The van der Waals surface area contributed by atoms with Gasteiger partial charge in [-0.1, -0.05) is 0 Å². The van der Waals surface area contributed by atoms with E-state index < -0.39 is 0 Å². The molecule has 0 saturated heterocycles. The Kier molecular flexibility index (Phi) is 10.1. The smallest absolute Gasteiger partial charge is 0.238 e. The molecule has 0 spiro atoms. The molecule has 0 radical (unpaired) electrons. The largest absolute Gasteiger partial charge is 0.383 e. The summed E-state index contributed by atoms with van der Waals surface area (Å²) in [4.78, 5) is 19.8. The van der Waals surface area contributed by atoms with Gasteiger partial charge in [0.1, 0.15) is 12.1 Å². The molecule has 0 aromatic carbocycles. The SMILES string of the molecule is COCCNCC(=O)Nc1ccc(-n2ccnc2)nc1.Cl.Cl. The number of nitrogens with one attached hydrogen (secondary N) is 2. The minimum Gasteiger partial charge on any atom is -0.383 e. The van der Waals surface area contributed by atoms with Crippen molar-refractivity contribution >= 4 is 36.4 Å². The highest BCUT2D eigenvalue weighted by atomic mass is 35.5. The van der Waals surface area contributed by atoms with Crippen LogP contribution < -0.4 is 10.6 Å². The van der Waals surface area contributed by atoms with Gasteiger partial charge < -0.3 is 15.4 Å². The van der Waals surface area contributed by atoms with Crippen LogP contribution in [-0.2, 0) is 9.53 Å². The lowest BCUT2D eigenvalue weighted by Gasteiger charge is -2.07. The third-order valence-electron chi connectivity index (χ3n) is 2.57. The molecule has 0 aliphatic carbocycles. The van der Waals surface area contributed by atoms with Crippen molar-refractivity contribution < 1.29 is 9.53 Å². The van der Waals surface area contributed by atoms with Gasteiger partial charge in [-0.15, -0.1) is 24.8 Å². The summed E-state index contributed by atoms with van der Waals surface area (Å²) in [6.07, 6.45) is 6.77. The Balaban J connectivity index is 0.00000220. The molecule has 0 saturated carbocycles. The van der Waals surface area contributed by atoms with E-state index in [4.69, 9.17) is 4.74 Å². The van der Waals surface area contributed by atoms with Crippen LogP contribution in [0, 0.1) is 0 Å². The number of imidazole rings is 1. The number of rotatable bonds is 7. The number of carbonyl (C=O) groups excluding carboxylic acids is 1. The zero-order valence-electron chi connectivity index (χ0n) is 12.1. The molecule has 122 valence electrons. The van der Waals surface area contributed by atoms with Crippen LogP contribution in [0.2, 0.25) is 0 Å². The van der Waals surface area contributed by atoms with Crippen LogP contribution in [0.3, 0.4) is 0 Å². The Hall–Kier alpha value is -1.67. The first-order chi connectivity index (χ1) is 9.79. The Morgan fingerprint density at radius 1 is 1.36 bits per heavy atom. The number of nitrogens with zero attached hydrogens (tertiary/aromatic N) is 3. The second kappa shape index (κ2) is 11.0. The number of ether oxygens (including phenoxy) is 1. The zero-order valence-corrected chi connectivity index (χ0v) is 13.7. The summed E-state index contributed by atoms with van der Waals surface area (Å²) in [5, 5.41) is 5.73. The van der Waals surface area contributed by atoms with Gasteiger partial charge in [-0.25, -0.2) is 9.97 Å². The molecule has 0 aliphatic heterocycles. The highest BCUT2D eigenvalue weighted by molar-refractivity contribution is 5.92. The predicted octanol–water partition coefficient (Wildman–Crippen LogP) is 1.29. The fraction of sp³-hybridized carbons (Fsp3) is 0.308. The van der Waals surface area contributed by atoms with Crippen LogP contribution in [0.15, 0.2) is 37.1 Å². The first kappa shape index (κ1) is 20.3. The lowest BCUT2D eigenvalue weighted by molar-refractivity contribution is -0.115. The van der Waals surface area contributed by atoms with E-state index in [0.717, 1.165) is 5.82 Å². The van der Waals surface area contributed by atoms with Crippen LogP contribution in [-0.4, -0.2) is 47.2 Å². The maximum Gasteiger partial charge on any atom is 0.238 e. The highest BCUT2D eigenvalue weighted by Gasteiger charge is 2.03. The molecule has 2 heterocycles. The van der Waals surface area contributed by atoms with E-state index in [9.17, 15) is 4.79 Å². The Labute approximate surface area is 141 Å². The van der Waals surface area contributed by atoms with E-state index in [0.29, 0.717) is 18.8 Å². The van der Waals surface area contributed by atoms with Crippen molar-refractivity contribution in [2.45, 2.75) is 0 Å². The molecule has 2 N–H and O–H groups in total. The first-order valence-corrected chi connectivity index (χ1v) is 6.23. The number of hydrogen-bond acceptors (Lipinski definition) is 5. The normalized spacial score (nSPS) is 9.50. The van der Waals surface area contributed by atoms with Crippen LogP contribution >= 0.6 is 24.8 Å². The number of amides is 1. The maximum absolute atomic E-state index is 11.6. The van der Waals surface area contributed by atoms with Gasteiger partial charge in [0.2, 0.25) is 5.91 Å². The van der Waals surface area contributed by atoms with Crippen molar-refractivity contribution in [3.05, 3.63) is 37.1 Å². The third-order valence-corrected chi connectivity index (χ3v) is 2.57. The van der Waals surface area contributed by atoms with Gasteiger partial charge in [-0.05, 0) is 12.1 Å². The molecule has 9 heteroatoms. The van der Waals surface area contributed by atoms with Crippen LogP contribution in [0.1, 0.15) is 0 Å². The van der Waals surface area contributed by atoms with Crippen molar-refractivity contribution in [2.75, 3.05) is 32.1 Å². The summed E-state index contributed by atoms with van der Waals surface area (Å²) in [7, 11) is 1.62. The molecule has 0 bridgehead atoms. The van der Waals surface area contributed by atoms with E-state index >= 15 is 0 Å². The van der Waals surface area contributed by atoms with Crippen LogP contribution in [0.5, 0.6) is 0 Å². The van der Waals surface area contributed by atoms with E-state index in [-0.39, 0.29) is 37.3 Å². The molecular weight excluding hydrogens is 329 g/mol. The van der Waals surface area contributed by atoms with Gasteiger partial charge in [0.15, 0.2) is 0 Å². The topological polar surface area (TPSA) is 81.1 Å². The molecule has 2 aromatic heterocycles. The molecule has 2 rings (SSSR count). The van der Waals surface area contributed by atoms with Gasteiger partial charge in [0.05, 0.1) is 25.0 Å². The third kappa shape index (κ3) is 6.40. The molecule has 1 amide bonds. The Bertz CT molecular complexity index is 534.